The fourth-order valence-corrected chi connectivity index (χ4v) is 8.10. The third-order valence-electron chi connectivity index (χ3n) is 7.03. The summed E-state index contributed by atoms with van der Waals surface area (Å²) in [5, 5.41) is 0. The lowest BCUT2D eigenvalue weighted by molar-refractivity contribution is 0.470. The van der Waals surface area contributed by atoms with Crippen LogP contribution in [-0.2, 0) is 30.1 Å². The first-order valence-electron chi connectivity index (χ1n) is 14.1. The van der Waals surface area contributed by atoms with Crippen molar-refractivity contribution < 1.29 is 25.3 Å². The van der Waals surface area contributed by atoms with Gasteiger partial charge in [-0.3, -0.25) is 0 Å². The van der Waals surface area contributed by atoms with Crippen molar-refractivity contribution in [3.63, 3.8) is 0 Å². The minimum Gasteiger partial charge on any atom is -0.207 e. The summed E-state index contributed by atoms with van der Waals surface area (Å²) in [5.74, 6) is 11.2. The molecule has 0 bridgehead atoms. The third-order valence-corrected chi connectivity index (χ3v) is 12.5. The van der Waals surface area contributed by atoms with Gasteiger partial charge in [-0.05, 0) is 57.2 Å². The molecule has 0 radical (unpaired) electrons. The van der Waals surface area contributed by atoms with E-state index in [1.54, 1.807) is 48.6 Å². The lowest BCUT2D eigenvalue weighted by atomic mass is 10.2. The van der Waals surface area contributed by atoms with Crippen LogP contribution in [0.3, 0.4) is 0 Å². The van der Waals surface area contributed by atoms with Gasteiger partial charge < -0.3 is 0 Å². The smallest absolute Gasteiger partial charge is 0.207 e. The maximum Gasteiger partial charge on any atom is 0.244 e. The molecule has 4 rings (SSSR count). The minimum absolute atomic E-state index is 0.0611. The Kier molecular flexibility index (Phi) is 11.0. The number of hydrogen-bond acceptors (Lipinski definition) is 6. The standard InChI is InChI=1S/C33H35N3O6S3/c1-28-10-16-31(17-11-28)43(37,38)34-22-4-6-24-35(44(39,40)32-18-12-29(2)13-19-32)26-8-9-27-36(25-7-5-23-34)45(41,42)33-20-14-30(3)15-21-33/h4,6,10-21H,22-27H2,1-3H3/b6-4-. The van der Waals surface area contributed by atoms with Gasteiger partial charge in [0.25, 0.3) is 0 Å². The summed E-state index contributed by atoms with van der Waals surface area (Å²) < 4.78 is 84.7. The van der Waals surface area contributed by atoms with Crippen LogP contribution < -0.4 is 0 Å². The fraction of sp³-hybridized carbons (Fsp3) is 0.273. The van der Waals surface area contributed by atoms with Crippen LogP contribution in [0.25, 0.3) is 0 Å². The van der Waals surface area contributed by atoms with Crippen LogP contribution in [0, 0.1) is 44.5 Å². The number of nitrogens with zero attached hydrogens (tertiary/aromatic N) is 3. The van der Waals surface area contributed by atoms with Gasteiger partial charge in [-0.25, -0.2) is 25.3 Å². The van der Waals surface area contributed by atoms with Crippen molar-refractivity contribution in [3.05, 3.63) is 102 Å². The lowest BCUT2D eigenvalue weighted by Crippen LogP contribution is -2.33. The van der Waals surface area contributed by atoms with Crippen LogP contribution in [0.15, 0.2) is 99.6 Å². The zero-order valence-corrected chi connectivity index (χ0v) is 27.8. The van der Waals surface area contributed by atoms with E-state index in [9.17, 15) is 25.3 Å². The Labute approximate surface area is 267 Å². The molecular weight excluding hydrogens is 631 g/mol. The van der Waals surface area contributed by atoms with Gasteiger partial charge >= 0.3 is 0 Å². The van der Waals surface area contributed by atoms with Crippen molar-refractivity contribution in [2.24, 2.45) is 0 Å². The van der Waals surface area contributed by atoms with E-state index in [4.69, 9.17) is 0 Å². The minimum atomic E-state index is -4.02. The molecule has 0 atom stereocenters. The highest BCUT2D eigenvalue weighted by Crippen LogP contribution is 2.19. The molecule has 0 N–H and O–H groups in total. The van der Waals surface area contributed by atoms with Gasteiger partial charge in [0.05, 0.1) is 40.9 Å². The second-order valence-electron chi connectivity index (χ2n) is 10.5. The highest BCUT2D eigenvalue weighted by atomic mass is 32.2. The van der Waals surface area contributed by atoms with Crippen LogP contribution in [0.1, 0.15) is 16.7 Å². The van der Waals surface area contributed by atoms with Gasteiger partial charge in [-0.15, -0.1) is 0 Å². The van der Waals surface area contributed by atoms with Gasteiger partial charge in [0, 0.05) is 13.1 Å². The molecule has 1 aliphatic heterocycles. The maximum atomic E-state index is 13.6. The molecule has 9 nitrogen and oxygen atoms in total. The van der Waals surface area contributed by atoms with Crippen molar-refractivity contribution in [2.45, 2.75) is 35.5 Å². The van der Waals surface area contributed by atoms with E-state index in [0.29, 0.717) is 0 Å². The Morgan fingerprint density at radius 3 is 0.956 bits per heavy atom. The van der Waals surface area contributed by atoms with Gasteiger partial charge in [0.2, 0.25) is 30.1 Å². The SMILES string of the molecule is Cc1ccc(S(=O)(=O)N2CC#CCN(S(=O)(=O)c3ccc(C)cc3)C/C=C\CN(S(=O)(=O)c3ccc(C)cc3)CC#CC2)cc1. The van der Waals surface area contributed by atoms with E-state index in [-0.39, 0.29) is 54.0 Å². The predicted octanol–water partition coefficient (Wildman–Crippen LogP) is 3.56. The van der Waals surface area contributed by atoms with Gasteiger partial charge in [-0.2, -0.15) is 12.9 Å². The zero-order chi connectivity index (χ0) is 32.7. The van der Waals surface area contributed by atoms with Gasteiger partial charge in [-0.1, -0.05) is 88.9 Å². The van der Waals surface area contributed by atoms with Crippen LogP contribution in [0.4, 0.5) is 0 Å². The third kappa shape index (κ3) is 8.50. The molecule has 0 amide bonds. The van der Waals surface area contributed by atoms with E-state index in [1.807, 2.05) is 20.8 Å². The van der Waals surface area contributed by atoms with Crippen molar-refractivity contribution in [2.75, 3.05) is 39.3 Å². The van der Waals surface area contributed by atoms with Crippen molar-refractivity contribution in [1.29, 1.82) is 0 Å². The molecule has 3 aromatic rings. The maximum absolute atomic E-state index is 13.6. The van der Waals surface area contributed by atoms with E-state index in [1.165, 1.54) is 36.4 Å². The molecule has 3 aromatic carbocycles. The molecular formula is C33H35N3O6S3. The number of rotatable bonds is 6. The van der Waals surface area contributed by atoms with E-state index in [2.05, 4.69) is 23.7 Å². The highest BCUT2D eigenvalue weighted by Gasteiger charge is 2.26. The Hall–Kier alpha value is -3.75. The Morgan fingerprint density at radius 1 is 0.422 bits per heavy atom. The normalized spacial score (nSPS) is 17.1. The zero-order valence-electron chi connectivity index (χ0n) is 25.3. The predicted molar refractivity (Wildman–Crippen MR) is 175 cm³/mol. The molecule has 236 valence electrons. The van der Waals surface area contributed by atoms with Crippen molar-refractivity contribution >= 4 is 30.1 Å². The summed E-state index contributed by atoms with van der Waals surface area (Å²) in [6, 6.07) is 19.2. The molecule has 0 unspecified atom stereocenters. The molecule has 45 heavy (non-hydrogen) atoms. The van der Waals surface area contributed by atoms with Crippen LogP contribution in [-0.4, -0.2) is 77.4 Å². The quantitative estimate of drug-likeness (QED) is 0.294. The first-order valence-corrected chi connectivity index (χ1v) is 18.4. The van der Waals surface area contributed by atoms with Crippen LogP contribution >= 0.6 is 0 Å². The lowest BCUT2D eigenvalue weighted by Gasteiger charge is -2.20. The van der Waals surface area contributed by atoms with Crippen LogP contribution in [0.2, 0.25) is 0 Å². The van der Waals surface area contributed by atoms with Gasteiger partial charge in [0.15, 0.2) is 0 Å². The molecule has 0 fully saturated rings. The number of hydrogen-bond donors (Lipinski definition) is 0. The molecule has 12 heteroatoms. The van der Waals surface area contributed by atoms with E-state index < -0.39 is 30.1 Å². The number of sulfonamides is 3. The fourth-order valence-electron chi connectivity index (χ4n) is 4.26. The average Bonchev–Trinajstić information content (AvgIpc) is 3.01. The molecule has 0 spiro atoms. The monoisotopic (exact) mass is 665 g/mol. The number of benzene rings is 3. The Bertz CT molecular complexity index is 1870. The summed E-state index contributed by atoms with van der Waals surface area (Å²) in [5.41, 5.74) is 2.69. The molecule has 0 saturated heterocycles. The number of aryl methyl sites for hydroxylation is 3. The van der Waals surface area contributed by atoms with Gasteiger partial charge in [0.1, 0.15) is 0 Å². The second-order valence-corrected chi connectivity index (χ2v) is 16.3. The summed E-state index contributed by atoms with van der Waals surface area (Å²) in [6.45, 7) is 4.47. The van der Waals surface area contributed by atoms with Crippen molar-refractivity contribution in [1.82, 2.24) is 12.9 Å². The Morgan fingerprint density at radius 2 is 0.667 bits per heavy atom. The molecule has 1 aliphatic rings. The summed E-state index contributed by atoms with van der Waals surface area (Å²) in [7, 11) is -12.0. The summed E-state index contributed by atoms with van der Waals surface area (Å²) in [4.78, 5) is 0.231. The molecule has 0 saturated carbocycles. The largest absolute Gasteiger partial charge is 0.244 e. The van der Waals surface area contributed by atoms with E-state index in [0.717, 1.165) is 29.6 Å². The van der Waals surface area contributed by atoms with E-state index >= 15 is 0 Å². The highest BCUT2D eigenvalue weighted by molar-refractivity contribution is 7.89. The first kappa shape index (κ1) is 34.1. The molecule has 0 aliphatic carbocycles. The van der Waals surface area contributed by atoms with Crippen LogP contribution in [0.5, 0.6) is 0 Å². The Balaban J connectivity index is 1.72. The summed E-state index contributed by atoms with van der Waals surface area (Å²) >= 11 is 0. The molecule has 0 aromatic heterocycles. The van der Waals surface area contributed by atoms with Crippen molar-refractivity contribution in [3.8, 4) is 23.7 Å². The first-order chi connectivity index (χ1) is 21.3. The average molecular weight is 666 g/mol. The molecule has 1 heterocycles. The topological polar surface area (TPSA) is 112 Å². The second kappa shape index (κ2) is 14.6. The summed E-state index contributed by atoms with van der Waals surface area (Å²) in [6.07, 6.45) is 3.15.